The van der Waals surface area contributed by atoms with E-state index in [9.17, 15) is 18.7 Å². The normalized spacial score (nSPS) is 14.9. The molecule has 0 spiro atoms. The number of phenols is 1. The zero-order chi connectivity index (χ0) is 16.4. The highest BCUT2D eigenvalue weighted by molar-refractivity contribution is 5.94. The molecule has 0 radical (unpaired) electrons. The number of benzene rings is 2. The monoisotopic (exact) mass is 318 g/mol. The van der Waals surface area contributed by atoms with Gasteiger partial charge in [-0.05, 0) is 36.4 Å². The Morgan fingerprint density at radius 3 is 2.04 bits per heavy atom. The van der Waals surface area contributed by atoms with Crippen molar-refractivity contribution >= 4 is 11.6 Å². The van der Waals surface area contributed by atoms with Crippen LogP contribution in [0.25, 0.3) is 0 Å². The number of nitrogens with zero attached hydrogens (tertiary/aromatic N) is 2. The van der Waals surface area contributed by atoms with Gasteiger partial charge < -0.3 is 14.9 Å². The second-order valence-electron chi connectivity index (χ2n) is 5.45. The van der Waals surface area contributed by atoms with E-state index >= 15 is 0 Å². The molecule has 6 heteroatoms. The van der Waals surface area contributed by atoms with E-state index in [-0.39, 0.29) is 17.2 Å². The van der Waals surface area contributed by atoms with E-state index in [1.165, 1.54) is 0 Å². The van der Waals surface area contributed by atoms with Gasteiger partial charge >= 0.3 is 0 Å². The van der Waals surface area contributed by atoms with Crippen LogP contribution in [0, 0.1) is 11.6 Å². The Morgan fingerprint density at radius 1 is 0.913 bits per heavy atom. The standard InChI is InChI=1S/C17H16F2N2O2/c18-13-9-12(10-14(19)11-13)17(23)21-7-5-20(6-8-21)15-1-3-16(22)4-2-15/h1-4,9-11,22H,5-8H2. The van der Waals surface area contributed by atoms with E-state index in [0.29, 0.717) is 26.2 Å². The lowest BCUT2D eigenvalue weighted by Crippen LogP contribution is -2.48. The number of carbonyl (C=O) groups excluding carboxylic acids is 1. The van der Waals surface area contributed by atoms with Crippen LogP contribution in [0.15, 0.2) is 42.5 Å². The third kappa shape index (κ3) is 3.41. The second-order valence-corrected chi connectivity index (χ2v) is 5.45. The Kier molecular flexibility index (Phi) is 4.14. The van der Waals surface area contributed by atoms with Crippen LogP contribution in [-0.4, -0.2) is 42.1 Å². The van der Waals surface area contributed by atoms with Crippen molar-refractivity contribution in [2.45, 2.75) is 0 Å². The maximum absolute atomic E-state index is 13.2. The van der Waals surface area contributed by atoms with Gasteiger partial charge in [0, 0.05) is 43.5 Å². The summed E-state index contributed by atoms with van der Waals surface area (Å²) in [6, 6.07) is 9.71. The van der Waals surface area contributed by atoms with Crippen molar-refractivity contribution in [2.24, 2.45) is 0 Å². The summed E-state index contributed by atoms with van der Waals surface area (Å²) < 4.78 is 26.5. The number of hydrogen-bond acceptors (Lipinski definition) is 3. The molecule has 1 saturated heterocycles. The molecule has 1 N–H and O–H groups in total. The molecule has 0 atom stereocenters. The molecule has 0 unspecified atom stereocenters. The summed E-state index contributed by atoms with van der Waals surface area (Å²) in [5.41, 5.74) is 0.993. The van der Waals surface area contributed by atoms with Crippen molar-refractivity contribution in [1.82, 2.24) is 4.90 Å². The van der Waals surface area contributed by atoms with E-state index in [1.54, 1.807) is 17.0 Å². The van der Waals surface area contributed by atoms with Crippen molar-refractivity contribution < 1.29 is 18.7 Å². The van der Waals surface area contributed by atoms with Gasteiger partial charge in [-0.1, -0.05) is 0 Å². The van der Waals surface area contributed by atoms with E-state index in [2.05, 4.69) is 4.90 Å². The summed E-state index contributed by atoms with van der Waals surface area (Å²) in [5, 5.41) is 9.31. The maximum atomic E-state index is 13.2. The zero-order valence-corrected chi connectivity index (χ0v) is 12.4. The second kappa shape index (κ2) is 6.24. The summed E-state index contributed by atoms with van der Waals surface area (Å²) in [4.78, 5) is 16.0. The van der Waals surface area contributed by atoms with Crippen LogP contribution in [0.3, 0.4) is 0 Å². The Bertz CT molecular complexity index is 691. The van der Waals surface area contributed by atoms with Crippen molar-refractivity contribution in [3.05, 3.63) is 59.7 Å². The fourth-order valence-corrected chi connectivity index (χ4v) is 2.69. The van der Waals surface area contributed by atoms with E-state index in [0.717, 1.165) is 23.9 Å². The summed E-state index contributed by atoms with van der Waals surface area (Å²) in [6.45, 7) is 2.18. The van der Waals surface area contributed by atoms with Crippen LogP contribution in [-0.2, 0) is 0 Å². The third-order valence-corrected chi connectivity index (χ3v) is 3.89. The van der Waals surface area contributed by atoms with Crippen LogP contribution in [0.5, 0.6) is 5.75 Å². The van der Waals surface area contributed by atoms with E-state index in [1.807, 2.05) is 12.1 Å². The predicted octanol–water partition coefficient (Wildman–Crippen LogP) is 2.63. The van der Waals surface area contributed by atoms with Crippen molar-refractivity contribution in [2.75, 3.05) is 31.1 Å². The topological polar surface area (TPSA) is 43.8 Å². The number of phenolic OH excluding ortho intramolecular Hbond substituents is 1. The first-order valence-corrected chi connectivity index (χ1v) is 7.32. The van der Waals surface area contributed by atoms with Crippen molar-refractivity contribution in [3.8, 4) is 5.75 Å². The smallest absolute Gasteiger partial charge is 0.254 e. The molecule has 1 aliphatic heterocycles. The molecule has 3 rings (SSSR count). The first kappa shape index (κ1) is 15.3. The summed E-state index contributed by atoms with van der Waals surface area (Å²) in [6.07, 6.45) is 0. The highest BCUT2D eigenvalue weighted by atomic mass is 19.1. The molecule has 2 aromatic rings. The van der Waals surface area contributed by atoms with Gasteiger partial charge in [-0.15, -0.1) is 0 Å². The number of carbonyl (C=O) groups is 1. The number of piperazine rings is 1. The Morgan fingerprint density at radius 2 is 1.48 bits per heavy atom. The van der Waals surface area contributed by atoms with Gasteiger partial charge in [-0.25, -0.2) is 8.78 Å². The Hall–Kier alpha value is -2.63. The molecular formula is C17H16F2N2O2. The minimum Gasteiger partial charge on any atom is -0.508 e. The van der Waals surface area contributed by atoms with Crippen LogP contribution < -0.4 is 4.90 Å². The van der Waals surface area contributed by atoms with Gasteiger partial charge in [0.15, 0.2) is 0 Å². The molecule has 1 fully saturated rings. The molecule has 23 heavy (non-hydrogen) atoms. The summed E-state index contributed by atoms with van der Waals surface area (Å²) >= 11 is 0. The van der Waals surface area contributed by atoms with Gasteiger partial charge in [0.25, 0.3) is 5.91 Å². The van der Waals surface area contributed by atoms with Gasteiger partial charge in [-0.2, -0.15) is 0 Å². The molecule has 0 aromatic heterocycles. The van der Waals surface area contributed by atoms with Crippen LogP contribution in [0.1, 0.15) is 10.4 Å². The number of amides is 1. The zero-order valence-electron chi connectivity index (χ0n) is 12.4. The number of halogens is 2. The molecule has 1 heterocycles. The first-order valence-electron chi connectivity index (χ1n) is 7.32. The van der Waals surface area contributed by atoms with Crippen molar-refractivity contribution in [1.29, 1.82) is 0 Å². The average molecular weight is 318 g/mol. The fourth-order valence-electron chi connectivity index (χ4n) is 2.69. The molecule has 0 saturated carbocycles. The Balaban J connectivity index is 1.66. The molecule has 1 aliphatic rings. The largest absolute Gasteiger partial charge is 0.508 e. The molecule has 0 aliphatic carbocycles. The fraction of sp³-hybridized carbons (Fsp3) is 0.235. The van der Waals surface area contributed by atoms with Crippen molar-refractivity contribution in [3.63, 3.8) is 0 Å². The number of rotatable bonds is 2. The predicted molar refractivity (Wildman–Crippen MR) is 82.6 cm³/mol. The third-order valence-electron chi connectivity index (χ3n) is 3.89. The molecule has 4 nitrogen and oxygen atoms in total. The van der Waals surface area contributed by atoms with Gasteiger partial charge in [0.1, 0.15) is 17.4 Å². The lowest BCUT2D eigenvalue weighted by molar-refractivity contribution is 0.0745. The summed E-state index contributed by atoms with van der Waals surface area (Å²) in [7, 11) is 0. The van der Waals surface area contributed by atoms with Gasteiger partial charge in [0.2, 0.25) is 0 Å². The molecule has 0 bridgehead atoms. The lowest BCUT2D eigenvalue weighted by atomic mass is 10.1. The number of anilines is 1. The minimum atomic E-state index is -0.754. The number of aromatic hydroxyl groups is 1. The quantitative estimate of drug-likeness (QED) is 0.926. The van der Waals surface area contributed by atoms with E-state index < -0.39 is 11.6 Å². The minimum absolute atomic E-state index is 0.0283. The van der Waals surface area contributed by atoms with Gasteiger partial charge in [0.05, 0.1) is 0 Å². The number of hydrogen-bond donors (Lipinski definition) is 1. The SMILES string of the molecule is O=C(c1cc(F)cc(F)c1)N1CCN(c2ccc(O)cc2)CC1. The highest BCUT2D eigenvalue weighted by Crippen LogP contribution is 2.20. The average Bonchev–Trinajstić information content (AvgIpc) is 2.54. The highest BCUT2D eigenvalue weighted by Gasteiger charge is 2.23. The lowest BCUT2D eigenvalue weighted by Gasteiger charge is -2.36. The van der Waals surface area contributed by atoms with Crippen LogP contribution >= 0.6 is 0 Å². The summed E-state index contributed by atoms with van der Waals surface area (Å²) in [5.74, 6) is -1.67. The molecular weight excluding hydrogens is 302 g/mol. The Labute approximate surface area is 132 Å². The van der Waals surface area contributed by atoms with Crippen LogP contribution in [0.2, 0.25) is 0 Å². The molecule has 120 valence electrons. The van der Waals surface area contributed by atoms with Crippen LogP contribution in [0.4, 0.5) is 14.5 Å². The van der Waals surface area contributed by atoms with E-state index in [4.69, 9.17) is 0 Å². The van der Waals surface area contributed by atoms with Gasteiger partial charge in [-0.3, -0.25) is 4.79 Å². The maximum Gasteiger partial charge on any atom is 0.254 e. The molecule has 2 aromatic carbocycles. The first-order chi connectivity index (χ1) is 11.0. The molecule has 1 amide bonds.